The summed E-state index contributed by atoms with van der Waals surface area (Å²) in [7, 11) is -4.27. The van der Waals surface area contributed by atoms with Gasteiger partial charge < -0.3 is 10.2 Å². The normalized spacial score (nSPS) is 11.2. The van der Waals surface area contributed by atoms with Gasteiger partial charge in [-0.1, -0.05) is 12.1 Å². The third-order valence-corrected chi connectivity index (χ3v) is 5.05. The van der Waals surface area contributed by atoms with Crippen LogP contribution in [0.5, 0.6) is 6.01 Å². The van der Waals surface area contributed by atoms with E-state index in [2.05, 4.69) is 9.97 Å². The Balaban J connectivity index is 1.88. The fourth-order valence-electron chi connectivity index (χ4n) is 2.29. The number of benzene rings is 2. The average Bonchev–Trinajstić information content (AvgIpc) is 2.65. The number of nitrogens with one attached hydrogen (secondary N) is 1. The van der Waals surface area contributed by atoms with Crippen molar-refractivity contribution in [2.45, 2.75) is 4.90 Å². The van der Waals surface area contributed by atoms with Crippen LogP contribution in [0, 0.1) is 11.6 Å². The smallest absolute Gasteiger partial charge is 0.338 e. The second-order valence-corrected chi connectivity index (χ2v) is 7.20. The Kier molecular flexibility index (Phi) is 4.92. The summed E-state index contributed by atoms with van der Waals surface area (Å²) < 4.78 is 54.4. The predicted octanol–water partition coefficient (Wildman–Crippen LogP) is 2.63. The van der Waals surface area contributed by atoms with E-state index >= 15 is 0 Å². The van der Waals surface area contributed by atoms with Gasteiger partial charge in [0.05, 0.1) is 16.1 Å². The second kappa shape index (κ2) is 7.19. The Labute approximate surface area is 157 Å². The summed E-state index contributed by atoms with van der Waals surface area (Å²) in [5.74, 6) is -4.20. The molecule has 0 radical (unpaired) electrons. The van der Waals surface area contributed by atoms with Crippen LogP contribution in [0.25, 0.3) is 11.1 Å². The predicted molar refractivity (Wildman–Crippen MR) is 93.3 cm³/mol. The van der Waals surface area contributed by atoms with E-state index in [0.717, 1.165) is 0 Å². The number of nitrogens with zero attached hydrogens (tertiary/aromatic N) is 2. The molecule has 0 aliphatic carbocycles. The highest BCUT2D eigenvalue weighted by atomic mass is 32.2. The number of anilines is 1. The molecule has 3 N–H and O–H groups in total. The molecular formula is C17H11F2N3O5S. The minimum Gasteiger partial charge on any atom is -0.479 e. The molecule has 11 heteroatoms. The van der Waals surface area contributed by atoms with E-state index in [0.29, 0.717) is 23.3 Å². The van der Waals surface area contributed by atoms with E-state index < -0.39 is 44.9 Å². The van der Waals surface area contributed by atoms with Crippen LogP contribution < -0.4 is 4.72 Å². The summed E-state index contributed by atoms with van der Waals surface area (Å²) in [5.41, 5.74) is -0.562. The number of carboxylic acid groups (broad SMARTS) is 1. The maximum atomic E-state index is 14.0. The molecule has 28 heavy (non-hydrogen) atoms. The molecule has 1 aromatic heterocycles. The summed E-state index contributed by atoms with van der Waals surface area (Å²) in [5, 5.41) is 17.8. The van der Waals surface area contributed by atoms with Crippen LogP contribution in [0.2, 0.25) is 0 Å². The number of carbonyl (C=O) groups is 1. The second-order valence-electron chi connectivity index (χ2n) is 5.52. The monoisotopic (exact) mass is 407 g/mol. The highest BCUT2D eigenvalue weighted by Gasteiger charge is 2.20. The van der Waals surface area contributed by atoms with E-state index in [1.54, 1.807) is 0 Å². The first-order valence-electron chi connectivity index (χ1n) is 7.54. The van der Waals surface area contributed by atoms with Crippen molar-refractivity contribution in [2.24, 2.45) is 0 Å². The Bertz CT molecular complexity index is 1150. The van der Waals surface area contributed by atoms with E-state index in [1.165, 1.54) is 36.7 Å². The van der Waals surface area contributed by atoms with Crippen LogP contribution in [-0.4, -0.2) is 34.6 Å². The van der Waals surface area contributed by atoms with Crippen molar-refractivity contribution in [2.75, 3.05) is 4.72 Å². The van der Waals surface area contributed by atoms with Gasteiger partial charge in [0.2, 0.25) is 0 Å². The maximum Gasteiger partial charge on any atom is 0.338 e. The lowest BCUT2D eigenvalue weighted by Crippen LogP contribution is -2.15. The summed E-state index contributed by atoms with van der Waals surface area (Å²) in [6, 6.07) is 5.77. The number of aromatic carboxylic acids is 1. The number of rotatable bonds is 5. The molecule has 3 rings (SSSR count). The highest BCUT2D eigenvalue weighted by molar-refractivity contribution is 7.92. The zero-order valence-electron chi connectivity index (χ0n) is 13.8. The lowest BCUT2D eigenvalue weighted by Gasteiger charge is -2.11. The molecule has 0 bridgehead atoms. The molecule has 2 aromatic carbocycles. The number of aromatic hydroxyl groups is 1. The van der Waals surface area contributed by atoms with Crippen molar-refractivity contribution in [1.82, 2.24) is 9.97 Å². The number of hydrogen-bond donors (Lipinski definition) is 3. The zero-order valence-corrected chi connectivity index (χ0v) is 14.6. The van der Waals surface area contributed by atoms with E-state index in [1.807, 2.05) is 4.72 Å². The molecule has 0 aliphatic rings. The molecule has 144 valence electrons. The largest absolute Gasteiger partial charge is 0.479 e. The quantitative estimate of drug-likeness (QED) is 0.593. The van der Waals surface area contributed by atoms with Crippen molar-refractivity contribution in [3.8, 4) is 17.1 Å². The molecule has 8 nitrogen and oxygen atoms in total. The highest BCUT2D eigenvalue weighted by Crippen LogP contribution is 2.25. The third-order valence-electron chi connectivity index (χ3n) is 3.67. The molecule has 0 aliphatic heterocycles. The molecule has 0 saturated carbocycles. The zero-order chi connectivity index (χ0) is 20.5. The van der Waals surface area contributed by atoms with Gasteiger partial charge in [-0.25, -0.2) is 32.0 Å². The van der Waals surface area contributed by atoms with Gasteiger partial charge in [-0.2, -0.15) is 0 Å². The summed E-state index contributed by atoms with van der Waals surface area (Å²) in [4.78, 5) is 17.8. The fourth-order valence-corrected chi connectivity index (χ4v) is 3.35. The van der Waals surface area contributed by atoms with Crippen LogP contribution >= 0.6 is 0 Å². The van der Waals surface area contributed by atoms with Gasteiger partial charge in [0.25, 0.3) is 10.0 Å². The molecular weight excluding hydrogens is 396 g/mol. The Hall–Kier alpha value is -3.60. The van der Waals surface area contributed by atoms with Crippen LogP contribution in [0.3, 0.4) is 0 Å². The van der Waals surface area contributed by atoms with Crippen LogP contribution in [0.15, 0.2) is 53.7 Å². The molecule has 0 fully saturated rings. The Morgan fingerprint density at radius 3 is 2.14 bits per heavy atom. The van der Waals surface area contributed by atoms with Crippen LogP contribution in [0.4, 0.5) is 14.5 Å². The van der Waals surface area contributed by atoms with Crippen molar-refractivity contribution < 1.29 is 32.2 Å². The molecule has 1 heterocycles. The number of sulfonamides is 1. The van der Waals surface area contributed by atoms with Gasteiger partial charge in [-0.15, -0.1) is 0 Å². The number of hydrogen-bond acceptors (Lipinski definition) is 6. The van der Waals surface area contributed by atoms with Gasteiger partial charge in [0.1, 0.15) is 11.6 Å². The minimum atomic E-state index is -4.27. The molecule has 0 saturated heterocycles. The standard InChI is InChI=1S/C17H11F2N3O5S/c18-13-6-15(14(19)5-12(13)16(23)24)22-28(26,27)11-3-1-9(2-4-11)10-7-20-17(25)21-8-10/h1-8,22H,(H,23,24)(H,20,21,25). The number of halogens is 2. The first kappa shape index (κ1) is 19.2. The molecule has 0 spiro atoms. The van der Waals surface area contributed by atoms with Crippen LogP contribution in [-0.2, 0) is 10.0 Å². The Morgan fingerprint density at radius 1 is 0.964 bits per heavy atom. The maximum absolute atomic E-state index is 14.0. The number of aromatic nitrogens is 2. The van der Waals surface area contributed by atoms with E-state index in [-0.39, 0.29) is 4.90 Å². The van der Waals surface area contributed by atoms with E-state index in [4.69, 9.17) is 10.2 Å². The molecule has 0 unspecified atom stereocenters. The summed E-state index contributed by atoms with van der Waals surface area (Å²) in [6.07, 6.45) is 2.68. The molecule has 0 atom stereocenters. The SMILES string of the molecule is O=C(O)c1cc(F)c(NS(=O)(=O)c2ccc(-c3cnc(O)nc3)cc2)cc1F. The first-order chi connectivity index (χ1) is 13.2. The van der Waals surface area contributed by atoms with Crippen molar-refractivity contribution in [3.63, 3.8) is 0 Å². The average molecular weight is 407 g/mol. The van der Waals surface area contributed by atoms with Crippen molar-refractivity contribution in [3.05, 3.63) is 66.0 Å². The number of carboxylic acids is 1. The van der Waals surface area contributed by atoms with E-state index in [9.17, 15) is 22.0 Å². The van der Waals surface area contributed by atoms with Gasteiger partial charge >= 0.3 is 12.0 Å². The molecule has 0 amide bonds. The van der Waals surface area contributed by atoms with Crippen molar-refractivity contribution >= 4 is 21.7 Å². The van der Waals surface area contributed by atoms with Gasteiger partial charge in [0.15, 0.2) is 0 Å². The van der Waals surface area contributed by atoms with Gasteiger partial charge in [-0.3, -0.25) is 4.72 Å². The van der Waals surface area contributed by atoms with Gasteiger partial charge in [-0.05, 0) is 23.8 Å². The topological polar surface area (TPSA) is 129 Å². The third kappa shape index (κ3) is 3.88. The Morgan fingerprint density at radius 2 is 1.57 bits per heavy atom. The van der Waals surface area contributed by atoms with Crippen LogP contribution in [0.1, 0.15) is 10.4 Å². The summed E-state index contributed by atoms with van der Waals surface area (Å²) in [6.45, 7) is 0. The summed E-state index contributed by atoms with van der Waals surface area (Å²) >= 11 is 0. The molecule has 3 aromatic rings. The lowest BCUT2D eigenvalue weighted by atomic mass is 10.1. The van der Waals surface area contributed by atoms with Crippen molar-refractivity contribution in [1.29, 1.82) is 0 Å². The lowest BCUT2D eigenvalue weighted by molar-refractivity contribution is 0.0691. The minimum absolute atomic E-state index is 0.238. The first-order valence-corrected chi connectivity index (χ1v) is 9.02. The van der Waals surface area contributed by atoms with Gasteiger partial charge in [0, 0.05) is 24.0 Å². The fraction of sp³-hybridized carbons (Fsp3) is 0.